The van der Waals surface area contributed by atoms with Crippen LogP contribution in [0.3, 0.4) is 0 Å². The maximum Gasteiger partial charge on any atom is 0.137 e. The van der Waals surface area contributed by atoms with Crippen LogP contribution in [0.4, 0.5) is 10.1 Å². The molecule has 0 unspecified atom stereocenters. The first-order chi connectivity index (χ1) is 6.09. The Kier molecular flexibility index (Phi) is 3.72. The summed E-state index contributed by atoms with van der Waals surface area (Å²) in [4.78, 5) is 0. The molecule has 0 aromatic heterocycles. The van der Waals surface area contributed by atoms with Crippen molar-refractivity contribution in [3.8, 4) is 0 Å². The number of benzene rings is 1. The van der Waals surface area contributed by atoms with Gasteiger partial charge in [-0.1, -0.05) is 13.8 Å². The largest absolute Gasteiger partial charge is 0.385 e. The number of hydrogen-bond acceptors (Lipinski definition) is 1. The number of nitrogens with one attached hydrogen (secondary N) is 1. The lowest BCUT2D eigenvalue weighted by Gasteiger charge is -2.09. The highest BCUT2D eigenvalue weighted by Crippen LogP contribution is 2.19. The van der Waals surface area contributed by atoms with Crippen LogP contribution in [0.15, 0.2) is 22.7 Å². The number of anilines is 1. The van der Waals surface area contributed by atoms with E-state index in [1.165, 1.54) is 6.07 Å². The van der Waals surface area contributed by atoms with Crippen LogP contribution in [0.5, 0.6) is 0 Å². The topological polar surface area (TPSA) is 12.0 Å². The van der Waals surface area contributed by atoms with Crippen LogP contribution in [0, 0.1) is 11.7 Å². The quantitative estimate of drug-likeness (QED) is 0.858. The van der Waals surface area contributed by atoms with Crippen molar-refractivity contribution in [1.29, 1.82) is 0 Å². The summed E-state index contributed by atoms with van der Waals surface area (Å²) in [5.74, 6) is 0.360. The second kappa shape index (κ2) is 4.61. The smallest absolute Gasteiger partial charge is 0.137 e. The Morgan fingerprint density at radius 3 is 2.69 bits per heavy atom. The molecule has 0 heterocycles. The van der Waals surface area contributed by atoms with Crippen LogP contribution >= 0.6 is 15.9 Å². The van der Waals surface area contributed by atoms with E-state index in [1.54, 1.807) is 12.1 Å². The lowest BCUT2D eigenvalue weighted by molar-refractivity contribution is 0.621. The van der Waals surface area contributed by atoms with Gasteiger partial charge in [-0.05, 0) is 40.0 Å². The predicted molar refractivity (Wildman–Crippen MR) is 57.4 cm³/mol. The Bertz CT molecular complexity index is 286. The third-order valence-corrected chi connectivity index (χ3v) is 2.24. The van der Waals surface area contributed by atoms with Crippen LogP contribution in [-0.2, 0) is 0 Å². The molecular weight excluding hydrogens is 233 g/mol. The maximum absolute atomic E-state index is 12.8. The SMILES string of the molecule is CC(C)CNc1ccc(F)c(Br)c1. The molecular formula is C10H13BrFN. The van der Waals surface area contributed by atoms with Gasteiger partial charge in [0.25, 0.3) is 0 Å². The Balaban J connectivity index is 2.63. The number of halogens is 2. The predicted octanol–water partition coefficient (Wildman–Crippen LogP) is 3.66. The van der Waals surface area contributed by atoms with E-state index >= 15 is 0 Å². The van der Waals surface area contributed by atoms with E-state index in [2.05, 4.69) is 35.1 Å². The van der Waals surface area contributed by atoms with Gasteiger partial charge in [-0.2, -0.15) is 0 Å². The molecule has 0 spiro atoms. The molecule has 1 rings (SSSR count). The Morgan fingerprint density at radius 1 is 1.46 bits per heavy atom. The van der Waals surface area contributed by atoms with Crippen LogP contribution < -0.4 is 5.32 Å². The van der Waals surface area contributed by atoms with Gasteiger partial charge in [0.15, 0.2) is 0 Å². The van der Waals surface area contributed by atoms with Gasteiger partial charge >= 0.3 is 0 Å². The zero-order valence-corrected chi connectivity index (χ0v) is 9.36. The molecule has 0 saturated heterocycles. The summed E-state index contributed by atoms with van der Waals surface area (Å²) in [5, 5.41) is 3.22. The van der Waals surface area contributed by atoms with Gasteiger partial charge in [0.1, 0.15) is 5.82 Å². The molecule has 13 heavy (non-hydrogen) atoms. The van der Waals surface area contributed by atoms with Crippen LogP contribution in [0.2, 0.25) is 0 Å². The second-order valence-corrected chi connectivity index (χ2v) is 4.26. The highest BCUT2D eigenvalue weighted by Gasteiger charge is 2.00. The van der Waals surface area contributed by atoms with Gasteiger partial charge in [-0.15, -0.1) is 0 Å². The minimum atomic E-state index is -0.227. The third kappa shape index (κ3) is 3.35. The van der Waals surface area contributed by atoms with Gasteiger partial charge in [0.2, 0.25) is 0 Å². The molecule has 0 atom stereocenters. The molecule has 72 valence electrons. The molecule has 0 aliphatic carbocycles. The fourth-order valence-electron chi connectivity index (χ4n) is 0.928. The first kappa shape index (κ1) is 10.5. The average molecular weight is 246 g/mol. The van der Waals surface area contributed by atoms with Crippen molar-refractivity contribution >= 4 is 21.6 Å². The van der Waals surface area contributed by atoms with E-state index in [0.29, 0.717) is 10.4 Å². The summed E-state index contributed by atoms with van der Waals surface area (Å²) in [5.41, 5.74) is 0.946. The molecule has 0 radical (unpaired) electrons. The van der Waals surface area contributed by atoms with Crippen molar-refractivity contribution in [3.63, 3.8) is 0 Å². The minimum Gasteiger partial charge on any atom is -0.385 e. The van der Waals surface area contributed by atoms with E-state index in [9.17, 15) is 4.39 Å². The summed E-state index contributed by atoms with van der Waals surface area (Å²) in [6, 6.07) is 4.94. The minimum absolute atomic E-state index is 0.227. The van der Waals surface area contributed by atoms with Crippen molar-refractivity contribution < 1.29 is 4.39 Å². The zero-order chi connectivity index (χ0) is 9.84. The van der Waals surface area contributed by atoms with Crippen molar-refractivity contribution in [2.45, 2.75) is 13.8 Å². The van der Waals surface area contributed by atoms with Crippen LogP contribution in [-0.4, -0.2) is 6.54 Å². The third-order valence-electron chi connectivity index (χ3n) is 1.63. The standard InChI is InChI=1S/C10H13BrFN/c1-7(2)6-13-8-3-4-10(12)9(11)5-8/h3-5,7,13H,6H2,1-2H3. The number of rotatable bonds is 3. The van der Waals surface area contributed by atoms with Crippen molar-refractivity contribution in [3.05, 3.63) is 28.5 Å². The fraction of sp³-hybridized carbons (Fsp3) is 0.400. The van der Waals surface area contributed by atoms with Crippen molar-refractivity contribution in [2.75, 3.05) is 11.9 Å². The van der Waals surface area contributed by atoms with Crippen molar-refractivity contribution in [2.24, 2.45) is 5.92 Å². The normalized spacial score (nSPS) is 10.5. The summed E-state index contributed by atoms with van der Waals surface area (Å²) >= 11 is 3.14. The maximum atomic E-state index is 12.8. The van der Waals surface area contributed by atoms with Gasteiger partial charge in [-0.25, -0.2) is 4.39 Å². The summed E-state index contributed by atoms with van der Waals surface area (Å²) in [7, 11) is 0. The molecule has 0 bridgehead atoms. The fourth-order valence-corrected chi connectivity index (χ4v) is 1.31. The highest BCUT2D eigenvalue weighted by molar-refractivity contribution is 9.10. The number of hydrogen-bond donors (Lipinski definition) is 1. The van der Waals surface area contributed by atoms with Crippen LogP contribution in [0.1, 0.15) is 13.8 Å². The van der Waals surface area contributed by atoms with Gasteiger partial charge in [-0.3, -0.25) is 0 Å². The lowest BCUT2D eigenvalue weighted by Crippen LogP contribution is -2.07. The van der Waals surface area contributed by atoms with Crippen LogP contribution in [0.25, 0.3) is 0 Å². The summed E-state index contributed by atoms with van der Waals surface area (Å²) in [6.45, 7) is 5.16. The molecule has 3 heteroatoms. The first-order valence-corrected chi connectivity index (χ1v) is 5.08. The summed E-state index contributed by atoms with van der Waals surface area (Å²) < 4.78 is 13.3. The monoisotopic (exact) mass is 245 g/mol. The Hall–Kier alpha value is -0.570. The summed E-state index contributed by atoms with van der Waals surface area (Å²) in [6.07, 6.45) is 0. The highest BCUT2D eigenvalue weighted by atomic mass is 79.9. The van der Waals surface area contributed by atoms with E-state index in [0.717, 1.165) is 12.2 Å². The van der Waals surface area contributed by atoms with Gasteiger partial charge < -0.3 is 5.32 Å². The van der Waals surface area contributed by atoms with E-state index in [1.807, 2.05) is 0 Å². The molecule has 0 fully saturated rings. The molecule has 0 aliphatic rings. The van der Waals surface area contributed by atoms with Gasteiger partial charge in [0, 0.05) is 12.2 Å². The Labute approximate surface area is 86.5 Å². The van der Waals surface area contributed by atoms with E-state index in [-0.39, 0.29) is 5.82 Å². The lowest BCUT2D eigenvalue weighted by atomic mass is 10.2. The van der Waals surface area contributed by atoms with Crippen molar-refractivity contribution in [1.82, 2.24) is 0 Å². The molecule has 0 amide bonds. The van der Waals surface area contributed by atoms with Gasteiger partial charge in [0.05, 0.1) is 4.47 Å². The molecule has 0 saturated carbocycles. The molecule has 1 N–H and O–H groups in total. The first-order valence-electron chi connectivity index (χ1n) is 4.28. The second-order valence-electron chi connectivity index (χ2n) is 3.40. The Morgan fingerprint density at radius 2 is 2.15 bits per heavy atom. The average Bonchev–Trinajstić information content (AvgIpc) is 2.07. The van der Waals surface area contributed by atoms with E-state index in [4.69, 9.17) is 0 Å². The zero-order valence-electron chi connectivity index (χ0n) is 7.77. The van der Waals surface area contributed by atoms with E-state index < -0.39 is 0 Å². The molecule has 0 aliphatic heterocycles. The molecule has 1 aromatic carbocycles. The molecule has 1 nitrogen and oxygen atoms in total. The molecule has 1 aromatic rings.